The molecule has 2 aromatic rings. The first kappa shape index (κ1) is 15.4. The summed E-state index contributed by atoms with van der Waals surface area (Å²) in [6.45, 7) is 0. The van der Waals surface area contributed by atoms with Crippen molar-refractivity contribution in [2.24, 2.45) is 0 Å². The first-order valence-electron chi connectivity index (χ1n) is 6.08. The van der Waals surface area contributed by atoms with Crippen LogP contribution in [0.3, 0.4) is 0 Å². The molecule has 0 radical (unpaired) electrons. The molecule has 0 heterocycles. The zero-order valence-electron chi connectivity index (χ0n) is 10.8. The van der Waals surface area contributed by atoms with Gasteiger partial charge >= 0.3 is 0 Å². The van der Waals surface area contributed by atoms with Gasteiger partial charge in [0.15, 0.2) is 0 Å². The van der Waals surface area contributed by atoms with E-state index in [1.54, 1.807) is 31.3 Å². The highest BCUT2D eigenvalue weighted by Gasteiger charge is 2.16. The van der Waals surface area contributed by atoms with Crippen molar-refractivity contribution in [3.8, 4) is 0 Å². The molecule has 0 aliphatic carbocycles. The molecule has 0 saturated heterocycles. The molecular weight excluding hydrogens is 348 g/mol. The lowest BCUT2D eigenvalue weighted by molar-refractivity contribution is 0.552. The van der Waals surface area contributed by atoms with E-state index in [0.29, 0.717) is 21.5 Å². The number of hydrogen-bond donors (Lipinski definition) is 1. The predicted octanol–water partition coefficient (Wildman–Crippen LogP) is 4.88. The monoisotopic (exact) mass is 359 g/mol. The van der Waals surface area contributed by atoms with E-state index in [1.165, 1.54) is 12.1 Å². The summed E-state index contributed by atoms with van der Waals surface area (Å²) >= 11 is 9.19. The standard InChI is InChI=1S/C15H13BrClF2N/c1-20-15(9-5-6-14(19)11(16)7-9)8-10-12(17)3-2-4-13(10)18/h2-7,15,20H,8H2,1H3. The Bertz CT molecular complexity index is 599. The molecule has 2 aromatic carbocycles. The van der Waals surface area contributed by atoms with E-state index >= 15 is 0 Å². The summed E-state index contributed by atoms with van der Waals surface area (Å²) in [6.07, 6.45) is 0.389. The van der Waals surface area contributed by atoms with E-state index in [1.807, 2.05) is 0 Å². The van der Waals surface area contributed by atoms with Crippen molar-refractivity contribution in [2.75, 3.05) is 7.05 Å². The molecule has 0 aliphatic heterocycles. The van der Waals surface area contributed by atoms with Crippen LogP contribution < -0.4 is 5.32 Å². The van der Waals surface area contributed by atoms with Crippen LogP contribution in [0, 0.1) is 11.6 Å². The van der Waals surface area contributed by atoms with Crippen LogP contribution in [0.15, 0.2) is 40.9 Å². The molecule has 0 spiro atoms. The molecule has 2 rings (SSSR count). The van der Waals surface area contributed by atoms with Crippen molar-refractivity contribution in [1.82, 2.24) is 5.32 Å². The van der Waals surface area contributed by atoms with Gasteiger partial charge in [-0.05, 0) is 59.2 Å². The fourth-order valence-electron chi connectivity index (χ4n) is 2.05. The summed E-state index contributed by atoms with van der Waals surface area (Å²) in [5.41, 5.74) is 1.31. The maximum absolute atomic E-state index is 13.8. The number of halogens is 4. The second-order valence-corrected chi connectivity index (χ2v) is 5.68. The Morgan fingerprint density at radius 3 is 2.55 bits per heavy atom. The molecule has 1 unspecified atom stereocenters. The third-order valence-corrected chi connectivity index (χ3v) is 4.13. The second-order valence-electron chi connectivity index (χ2n) is 4.42. The largest absolute Gasteiger partial charge is 0.313 e. The first-order valence-corrected chi connectivity index (χ1v) is 7.25. The van der Waals surface area contributed by atoms with Gasteiger partial charge in [0.2, 0.25) is 0 Å². The summed E-state index contributed by atoms with van der Waals surface area (Å²) < 4.78 is 27.5. The first-order chi connectivity index (χ1) is 9.52. The van der Waals surface area contributed by atoms with Crippen molar-refractivity contribution in [3.05, 3.63) is 68.7 Å². The van der Waals surface area contributed by atoms with Crippen LogP contribution >= 0.6 is 27.5 Å². The van der Waals surface area contributed by atoms with Crippen LogP contribution in [0.5, 0.6) is 0 Å². The van der Waals surface area contributed by atoms with E-state index < -0.39 is 0 Å². The van der Waals surface area contributed by atoms with Crippen LogP contribution in [-0.4, -0.2) is 7.05 Å². The summed E-state index contributed by atoms with van der Waals surface area (Å²) in [4.78, 5) is 0. The number of likely N-dealkylation sites (N-methyl/N-ethyl adjacent to an activating group) is 1. The van der Waals surface area contributed by atoms with Gasteiger partial charge in [-0.15, -0.1) is 0 Å². The fourth-order valence-corrected chi connectivity index (χ4v) is 2.68. The lowest BCUT2D eigenvalue weighted by atomic mass is 9.98. The van der Waals surface area contributed by atoms with Crippen molar-refractivity contribution in [2.45, 2.75) is 12.5 Å². The van der Waals surface area contributed by atoms with Gasteiger partial charge in [-0.2, -0.15) is 0 Å². The van der Waals surface area contributed by atoms with Crippen LogP contribution in [0.4, 0.5) is 8.78 Å². The number of nitrogens with one attached hydrogen (secondary N) is 1. The Hall–Kier alpha value is -0.970. The average Bonchev–Trinajstić information content (AvgIpc) is 2.42. The van der Waals surface area contributed by atoms with E-state index in [-0.39, 0.29) is 17.7 Å². The van der Waals surface area contributed by atoms with Gasteiger partial charge < -0.3 is 5.32 Å². The van der Waals surface area contributed by atoms with Crippen molar-refractivity contribution in [3.63, 3.8) is 0 Å². The molecule has 0 fully saturated rings. The summed E-state index contributed by atoms with van der Waals surface area (Å²) in [5, 5.41) is 3.49. The maximum atomic E-state index is 13.8. The van der Waals surface area contributed by atoms with Gasteiger partial charge in [0.25, 0.3) is 0 Å². The van der Waals surface area contributed by atoms with Gasteiger partial charge in [0, 0.05) is 16.6 Å². The molecule has 0 aliphatic rings. The number of benzene rings is 2. The number of rotatable bonds is 4. The average molecular weight is 361 g/mol. The highest BCUT2D eigenvalue weighted by atomic mass is 79.9. The minimum atomic E-state index is -0.334. The smallest absolute Gasteiger partial charge is 0.137 e. The fraction of sp³-hybridized carbons (Fsp3) is 0.200. The topological polar surface area (TPSA) is 12.0 Å². The predicted molar refractivity (Wildman–Crippen MR) is 81.0 cm³/mol. The molecule has 106 valence electrons. The second kappa shape index (κ2) is 6.66. The van der Waals surface area contributed by atoms with Gasteiger partial charge in [-0.25, -0.2) is 8.78 Å². The highest BCUT2D eigenvalue weighted by molar-refractivity contribution is 9.10. The summed E-state index contributed by atoms with van der Waals surface area (Å²) in [6, 6.07) is 9.21. The van der Waals surface area contributed by atoms with Crippen LogP contribution in [-0.2, 0) is 6.42 Å². The lowest BCUT2D eigenvalue weighted by Gasteiger charge is -2.18. The molecule has 0 bridgehead atoms. The number of hydrogen-bond acceptors (Lipinski definition) is 1. The molecule has 5 heteroatoms. The molecule has 1 nitrogen and oxygen atoms in total. The molecule has 0 amide bonds. The molecule has 0 aromatic heterocycles. The third kappa shape index (κ3) is 3.37. The molecule has 1 atom stereocenters. The minimum Gasteiger partial charge on any atom is -0.313 e. The highest BCUT2D eigenvalue weighted by Crippen LogP contribution is 2.27. The van der Waals surface area contributed by atoms with Gasteiger partial charge in [0.1, 0.15) is 11.6 Å². The van der Waals surface area contributed by atoms with Crippen LogP contribution in [0.25, 0.3) is 0 Å². The molecule has 1 N–H and O–H groups in total. The van der Waals surface area contributed by atoms with Crippen LogP contribution in [0.2, 0.25) is 5.02 Å². The van der Waals surface area contributed by atoms with E-state index in [4.69, 9.17) is 11.6 Å². The zero-order chi connectivity index (χ0) is 14.7. The Morgan fingerprint density at radius 1 is 1.20 bits per heavy atom. The Labute approximate surface area is 130 Å². The van der Waals surface area contributed by atoms with Crippen molar-refractivity contribution < 1.29 is 8.78 Å². The van der Waals surface area contributed by atoms with Gasteiger partial charge in [-0.3, -0.25) is 0 Å². The van der Waals surface area contributed by atoms with E-state index in [9.17, 15) is 8.78 Å². The van der Waals surface area contributed by atoms with E-state index in [0.717, 1.165) is 5.56 Å². The van der Waals surface area contributed by atoms with Crippen LogP contribution in [0.1, 0.15) is 17.2 Å². The zero-order valence-corrected chi connectivity index (χ0v) is 13.1. The van der Waals surface area contributed by atoms with Gasteiger partial charge in [-0.1, -0.05) is 23.7 Å². The minimum absolute atomic E-state index is 0.152. The SMILES string of the molecule is CNC(Cc1c(F)cccc1Cl)c1ccc(F)c(Br)c1. The maximum Gasteiger partial charge on any atom is 0.137 e. The Kier molecular flexibility index (Phi) is 5.13. The summed E-state index contributed by atoms with van der Waals surface area (Å²) in [5.74, 6) is -0.661. The third-order valence-electron chi connectivity index (χ3n) is 3.16. The van der Waals surface area contributed by atoms with Gasteiger partial charge in [0.05, 0.1) is 4.47 Å². The van der Waals surface area contributed by atoms with Crippen molar-refractivity contribution in [1.29, 1.82) is 0 Å². The molecule has 0 saturated carbocycles. The lowest BCUT2D eigenvalue weighted by Crippen LogP contribution is -2.19. The van der Waals surface area contributed by atoms with Crippen molar-refractivity contribution >= 4 is 27.5 Å². The molecule has 20 heavy (non-hydrogen) atoms. The Balaban J connectivity index is 2.31. The normalized spacial score (nSPS) is 12.4. The Morgan fingerprint density at radius 2 is 1.95 bits per heavy atom. The summed E-state index contributed by atoms with van der Waals surface area (Å²) in [7, 11) is 1.77. The van der Waals surface area contributed by atoms with E-state index in [2.05, 4.69) is 21.2 Å². The molecular formula is C15H13BrClF2N. The quantitative estimate of drug-likeness (QED) is 0.819.